The van der Waals surface area contributed by atoms with Crippen LogP contribution in [0.25, 0.3) is 0 Å². The average molecular weight is 448 g/mol. The van der Waals surface area contributed by atoms with E-state index in [9.17, 15) is 4.39 Å². The topological polar surface area (TPSA) is 28.0 Å². The molecule has 0 amide bonds. The van der Waals surface area contributed by atoms with Gasteiger partial charge in [0.1, 0.15) is 11.7 Å². The lowest BCUT2D eigenvalue weighted by molar-refractivity contribution is 0.256. The fourth-order valence-electron chi connectivity index (χ4n) is 4.05. The largest absolute Gasteiger partial charge is 0.357 e. The monoisotopic (exact) mass is 447 g/mol. The van der Waals surface area contributed by atoms with E-state index in [-0.39, 0.29) is 5.82 Å². The fraction of sp³-hybridized carbons (Fsp3) is 0.259. The summed E-state index contributed by atoms with van der Waals surface area (Å²) >= 11 is 6.57. The van der Waals surface area contributed by atoms with Gasteiger partial charge in [-0.15, -0.1) is 0 Å². The van der Waals surface area contributed by atoms with E-state index in [1.165, 1.54) is 18.6 Å². The summed E-state index contributed by atoms with van der Waals surface area (Å²) in [4.78, 5) is 12.3. The van der Waals surface area contributed by atoms with Crippen molar-refractivity contribution in [3.05, 3.63) is 95.3 Å². The van der Waals surface area contributed by atoms with Crippen molar-refractivity contribution < 1.29 is 4.39 Å². The van der Waals surface area contributed by atoms with Gasteiger partial charge in [-0.3, -0.25) is 4.99 Å². The molecular weight excluding hydrogens is 421 g/mol. The number of likely N-dealkylation sites (tertiary alicyclic amines) is 1. The Labute approximate surface area is 194 Å². The van der Waals surface area contributed by atoms with E-state index in [0.29, 0.717) is 23.2 Å². The molecule has 3 aromatic carbocycles. The molecule has 0 aliphatic carbocycles. The maximum atomic E-state index is 13.5. The molecule has 0 saturated carbocycles. The Morgan fingerprint density at radius 3 is 2.31 bits per heavy atom. The van der Waals surface area contributed by atoms with Crippen molar-refractivity contribution in [1.82, 2.24) is 4.90 Å². The molecule has 1 aliphatic heterocycles. The molecule has 4 rings (SSSR count). The predicted molar refractivity (Wildman–Crippen MR) is 132 cm³/mol. The Kier molecular flexibility index (Phi) is 7.33. The van der Waals surface area contributed by atoms with Gasteiger partial charge in [0.05, 0.1) is 17.1 Å². The summed E-state index contributed by atoms with van der Waals surface area (Å²) in [5.74, 6) is 0.695. The smallest absolute Gasteiger partial charge is 0.123 e. The van der Waals surface area contributed by atoms with E-state index in [0.717, 1.165) is 42.2 Å². The van der Waals surface area contributed by atoms with E-state index in [2.05, 4.69) is 11.8 Å². The number of rotatable bonds is 5. The molecule has 0 bridgehead atoms. The van der Waals surface area contributed by atoms with Crippen molar-refractivity contribution in [2.45, 2.75) is 38.6 Å². The van der Waals surface area contributed by atoms with Gasteiger partial charge in [-0.25, -0.2) is 9.38 Å². The fourth-order valence-corrected chi connectivity index (χ4v) is 4.29. The zero-order chi connectivity index (χ0) is 22.3. The third-order valence-electron chi connectivity index (χ3n) is 5.75. The van der Waals surface area contributed by atoms with Crippen LogP contribution in [0.4, 0.5) is 15.8 Å². The van der Waals surface area contributed by atoms with Gasteiger partial charge in [-0.2, -0.15) is 0 Å². The first-order chi connectivity index (χ1) is 15.6. The van der Waals surface area contributed by atoms with Crippen LogP contribution in [0.3, 0.4) is 0 Å². The van der Waals surface area contributed by atoms with E-state index in [1.807, 2.05) is 54.6 Å². The molecule has 0 spiro atoms. The molecule has 1 aliphatic rings. The van der Waals surface area contributed by atoms with E-state index >= 15 is 0 Å². The lowest BCUT2D eigenvalue weighted by Crippen LogP contribution is -2.43. The standard InChI is InChI=1S/C27H27ClFN3/c1-20-9-7-8-18-32(20)27(31-22-10-3-2-4-11-22)19-26(24-12-5-6-13-25(24)28)30-23-16-14-21(29)15-17-23/h2-6,10-17,20H,7-9,18-19H2,1H3. The first kappa shape index (κ1) is 22.2. The molecule has 0 radical (unpaired) electrons. The number of benzene rings is 3. The van der Waals surface area contributed by atoms with Gasteiger partial charge in [0.2, 0.25) is 0 Å². The SMILES string of the molecule is CC1CCCCN1C(CC(=Nc1ccc(F)cc1)c1ccccc1Cl)=Nc1ccccc1. The van der Waals surface area contributed by atoms with Gasteiger partial charge >= 0.3 is 0 Å². The first-order valence-electron chi connectivity index (χ1n) is 11.1. The van der Waals surface area contributed by atoms with Crippen LogP contribution in [0.1, 0.15) is 38.2 Å². The first-order valence-corrected chi connectivity index (χ1v) is 11.5. The highest BCUT2D eigenvalue weighted by Gasteiger charge is 2.24. The van der Waals surface area contributed by atoms with Crippen molar-refractivity contribution in [3.63, 3.8) is 0 Å². The van der Waals surface area contributed by atoms with Crippen LogP contribution in [0.15, 0.2) is 88.8 Å². The van der Waals surface area contributed by atoms with E-state index in [4.69, 9.17) is 21.6 Å². The molecule has 32 heavy (non-hydrogen) atoms. The van der Waals surface area contributed by atoms with Gasteiger partial charge in [0.25, 0.3) is 0 Å². The molecule has 1 unspecified atom stereocenters. The van der Waals surface area contributed by atoms with Crippen LogP contribution < -0.4 is 0 Å². The summed E-state index contributed by atoms with van der Waals surface area (Å²) in [6.45, 7) is 3.23. The number of aliphatic imine (C=N–C) groups is 2. The van der Waals surface area contributed by atoms with Crippen LogP contribution in [0.5, 0.6) is 0 Å². The van der Waals surface area contributed by atoms with Crippen molar-refractivity contribution in [1.29, 1.82) is 0 Å². The van der Waals surface area contributed by atoms with Gasteiger partial charge < -0.3 is 4.90 Å². The molecule has 1 fully saturated rings. The number of hydrogen-bond donors (Lipinski definition) is 0. The zero-order valence-corrected chi connectivity index (χ0v) is 19.0. The number of halogens is 2. The van der Waals surface area contributed by atoms with Crippen molar-refractivity contribution in [2.75, 3.05) is 6.54 Å². The summed E-state index contributed by atoms with van der Waals surface area (Å²) in [5, 5.41) is 0.638. The molecule has 1 heterocycles. The van der Waals surface area contributed by atoms with Crippen LogP contribution in [-0.2, 0) is 0 Å². The summed E-state index contributed by atoms with van der Waals surface area (Å²) in [6.07, 6.45) is 4.05. The Bertz CT molecular complexity index is 1090. The Morgan fingerprint density at radius 2 is 1.59 bits per heavy atom. The summed E-state index contributed by atoms with van der Waals surface area (Å²) in [5.41, 5.74) is 3.28. The number of nitrogens with zero attached hydrogens (tertiary/aromatic N) is 3. The lowest BCUT2D eigenvalue weighted by Gasteiger charge is -2.36. The van der Waals surface area contributed by atoms with Gasteiger partial charge in [-0.05, 0) is 68.7 Å². The average Bonchev–Trinajstić information content (AvgIpc) is 2.81. The van der Waals surface area contributed by atoms with Crippen LogP contribution >= 0.6 is 11.6 Å². The maximum absolute atomic E-state index is 13.5. The molecule has 1 atom stereocenters. The molecule has 3 nitrogen and oxygen atoms in total. The number of hydrogen-bond acceptors (Lipinski definition) is 2. The second-order valence-corrected chi connectivity index (χ2v) is 8.50. The number of piperidine rings is 1. The third-order valence-corrected chi connectivity index (χ3v) is 6.08. The highest BCUT2D eigenvalue weighted by atomic mass is 35.5. The number of para-hydroxylation sites is 1. The molecule has 5 heteroatoms. The molecule has 3 aromatic rings. The molecular formula is C27H27ClFN3. The van der Waals surface area contributed by atoms with Gasteiger partial charge in [0, 0.05) is 29.6 Å². The number of amidine groups is 1. The minimum atomic E-state index is -0.281. The summed E-state index contributed by atoms with van der Waals surface area (Å²) < 4.78 is 13.5. The van der Waals surface area contributed by atoms with Gasteiger partial charge in [-0.1, -0.05) is 48.0 Å². The highest BCUT2D eigenvalue weighted by molar-refractivity contribution is 6.35. The highest BCUT2D eigenvalue weighted by Crippen LogP contribution is 2.26. The molecule has 0 aromatic heterocycles. The summed E-state index contributed by atoms with van der Waals surface area (Å²) in [7, 11) is 0. The third kappa shape index (κ3) is 5.63. The van der Waals surface area contributed by atoms with E-state index < -0.39 is 0 Å². The van der Waals surface area contributed by atoms with Gasteiger partial charge in [0.15, 0.2) is 0 Å². The summed E-state index contributed by atoms with van der Waals surface area (Å²) in [6, 6.07) is 24.4. The van der Waals surface area contributed by atoms with E-state index in [1.54, 1.807) is 12.1 Å². The second kappa shape index (κ2) is 10.6. The van der Waals surface area contributed by atoms with Crippen LogP contribution in [-0.4, -0.2) is 29.0 Å². The Balaban J connectivity index is 1.78. The van der Waals surface area contributed by atoms with Crippen molar-refractivity contribution in [2.24, 2.45) is 9.98 Å². The Hall–Kier alpha value is -2.98. The quantitative estimate of drug-likeness (QED) is 0.292. The minimum Gasteiger partial charge on any atom is -0.357 e. The lowest BCUT2D eigenvalue weighted by atomic mass is 10.0. The molecule has 1 saturated heterocycles. The minimum absolute atomic E-state index is 0.281. The normalized spacial score (nSPS) is 17.5. The van der Waals surface area contributed by atoms with Crippen molar-refractivity contribution >= 4 is 34.5 Å². The maximum Gasteiger partial charge on any atom is 0.123 e. The zero-order valence-electron chi connectivity index (χ0n) is 18.2. The Morgan fingerprint density at radius 1 is 0.906 bits per heavy atom. The molecule has 0 N–H and O–H groups in total. The second-order valence-electron chi connectivity index (χ2n) is 8.09. The molecule has 164 valence electrons. The predicted octanol–water partition coefficient (Wildman–Crippen LogP) is 7.59. The van der Waals surface area contributed by atoms with Crippen LogP contribution in [0.2, 0.25) is 5.02 Å². The van der Waals surface area contributed by atoms with Crippen molar-refractivity contribution in [3.8, 4) is 0 Å². The van der Waals surface area contributed by atoms with Crippen LogP contribution in [0, 0.1) is 5.82 Å².